The summed E-state index contributed by atoms with van der Waals surface area (Å²) < 4.78 is 26.4. The van der Waals surface area contributed by atoms with Crippen LogP contribution >= 0.6 is 11.6 Å². The third-order valence-electron chi connectivity index (χ3n) is 2.67. The number of para-hydroxylation sites is 1. The van der Waals surface area contributed by atoms with Gasteiger partial charge in [0.25, 0.3) is 0 Å². The molecule has 2 aromatic rings. The van der Waals surface area contributed by atoms with Gasteiger partial charge in [-0.05, 0) is 25.1 Å². The molecule has 18 heavy (non-hydrogen) atoms. The summed E-state index contributed by atoms with van der Waals surface area (Å²) in [6.07, 6.45) is 0. The maximum absolute atomic E-state index is 13.6. The molecule has 0 fully saturated rings. The molecule has 0 aliphatic carbocycles. The smallest absolute Gasteiger partial charge is 0.131 e. The maximum atomic E-state index is 13.6. The molecule has 0 saturated carbocycles. The summed E-state index contributed by atoms with van der Waals surface area (Å²) >= 11 is 6.00. The van der Waals surface area contributed by atoms with E-state index in [1.54, 1.807) is 19.1 Å². The van der Waals surface area contributed by atoms with E-state index in [4.69, 9.17) is 11.6 Å². The molecule has 0 saturated heterocycles. The van der Waals surface area contributed by atoms with Gasteiger partial charge in [0.05, 0.1) is 16.8 Å². The van der Waals surface area contributed by atoms with Crippen molar-refractivity contribution in [1.82, 2.24) is 0 Å². The number of benzene rings is 2. The first-order chi connectivity index (χ1) is 8.58. The van der Waals surface area contributed by atoms with E-state index in [1.165, 1.54) is 12.1 Å². The molecule has 0 radical (unpaired) electrons. The Hall–Kier alpha value is -1.61. The van der Waals surface area contributed by atoms with Gasteiger partial charge in [-0.2, -0.15) is 0 Å². The van der Waals surface area contributed by atoms with Crippen LogP contribution in [0.4, 0.5) is 14.5 Å². The van der Waals surface area contributed by atoms with Crippen molar-refractivity contribution in [3.05, 3.63) is 64.7 Å². The van der Waals surface area contributed by atoms with Crippen LogP contribution in [-0.4, -0.2) is 0 Å². The highest BCUT2D eigenvalue weighted by atomic mass is 35.5. The van der Waals surface area contributed by atoms with Gasteiger partial charge < -0.3 is 5.32 Å². The van der Waals surface area contributed by atoms with Crippen LogP contribution in [0.15, 0.2) is 42.5 Å². The predicted octanol–water partition coefficient (Wildman–Crippen LogP) is 4.79. The van der Waals surface area contributed by atoms with Gasteiger partial charge >= 0.3 is 0 Å². The third kappa shape index (κ3) is 2.79. The monoisotopic (exact) mass is 267 g/mol. The van der Waals surface area contributed by atoms with Gasteiger partial charge in [0.2, 0.25) is 0 Å². The van der Waals surface area contributed by atoms with Crippen molar-refractivity contribution in [3.8, 4) is 0 Å². The van der Waals surface area contributed by atoms with E-state index in [-0.39, 0.29) is 6.04 Å². The summed E-state index contributed by atoms with van der Waals surface area (Å²) in [5.74, 6) is -1.15. The zero-order valence-electron chi connectivity index (χ0n) is 9.75. The lowest BCUT2D eigenvalue weighted by molar-refractivity contribution is 0.566. The molecule has 1 N–H and O–H groups in total. The summed E-state index contributed by atoms with van der Waals surface area (Å²) in [5, 5.41) is 3.65. The molecule has 0 aromatic heterocycles. The Balaban J connectivity index is 2.22. The summed E-state index contributed by atoms with van der Waals surface area (Å²) in [5.41, 5.74) is 1.12. The van der Waals surface area contributed by atoms with Gasteiger partial charge in [0.15, 0.2) is 0 Å². The summed E-state index contributed by atoms with van der Waals surface area (Å²) in [6, 6.07) is 10.4. The van der Waals surface area contributed by atoms with Crippen molar-refractivity contribution in [2.45, 2.75) is 13.0 Å². The van der Waals surface area contributed by atoms with Crippen LogP contribution in [0.2, 0.25) is 5.02 Å². The van der Waals surface area contributed by atoms with Gasteiger partial charge in [-0.25, -0.2) is 8.78 Å². The lowest BCUT2D eigenvalue weighted by atomic mass is 10.1. The van der Waals surface area contributed by atoms with Crippen molar-refractivity contribution >= 4 is 17.3 Å². The standard InChI is InChI=1S/C14H12ClF2N/c1-9(11-7-6-10(16)8-13(11)17)18-14-5-3-2-4-12(14)15/h2-9,18H,1H3. The topological polar surface area (TPSA) is 12.0 Å². The van der Waals surface area contributed by atoms with Gasteiger partial charge in [-0.3, -0.25) is 0 Å². The zero-order chi connectivity index (χ0) is 13.1. The molecule has 2 rings (SSSR count). The molecule has 1 atom stereocenters. The first-order valence-electron chi connectivity index (χ1n) is 5.54. The number of nitrogens with one attached hydrogen (secondary N) is 1. The lowest BCUT2D eigenvalue weighted by Crippen LogP contribution is -2.09. The van der Waals surface area contributed by atoms with E-state index in [1.807, 2.05) is 12.1 Å². The molecule has 4 heteroatoms. The van der Waals surface area contributed by atoms with Crippen LogP contribution in [-0.2, 0) is 0 Å². The predicted molar refractivity (Wildman–Crippen MR) is 69.8 cm³/mol. The van der Waals surface area contributed by atoms with Crippen LogP contribution in [0.25, 0.3) is 0 Å². The van der Waals surface area contributed by atoms with Crippen molar-refractivity contribution in [2.75, 3.05) is 5.32 Å². The van der Waals surface area contributed by atoms with Crippen LogP contribution < -0.4 is 5.32 Å². The van der Waals surface area contributed by atoms with E-state index >= 15 is 0 Å². The van der Waals surface area contributed by atoms with Crippen molar-refractivity contribution in [3.63, 3.8) is 0 Å². The second kappa shape index (κ2) is 5.36. The Morgan fingerprint density at radius 3 is 2.50 bits per heavy atom. The molecule has 0 aliphatic heterocycles. The average molecular weight is 268 g/mol. The third-order valence-corrected chi connectivity index (χ3v) is 3.00. The summed E-state index contributed by atoms with van der Waals surface area (Å²) in [7, 11) is 0. The van der Waals surface area contributed by atoms with E-state index in [2.05, 4.69) is 5.32 Å². The lowest BCUT2D eigenvalue weighted by Gasteiger charge is -2.17. The molecule has 0 bridgehead atoms. The van der Waals surface area contributed by atoms with E-state index in [0.717, 1.165) is 11.8 Å². The van der Waals surface area contributed by atoms with Gasteiger partial charge in [-0.15, -0.1) is 0 Å². The van der Waals surface area contributed by atoms with Crippen molar-refractivity contribution < 1.29 is 8.78 Å². The van der Waals surface area contributed by atoms with Gasteiger partial charge in [-0.1, -0.05) is 29.8 Å². The Morgan fingerprint density at radius 2 is 1.83 bits per heavy atom. The highest BCUT2D eigenvalue weighted by Gasteiger charge is 2.12. The van der Waals surface area contributed by atoms with Crippen molar-refractivity contribution in [1.29, 1.82) is 0 Å². The van der Waals surface area contributed by atoms with E-state index in [0.29, 0.717) is 10.6 Å². The molecular formula is C14H12ClF2N. The summed E-state index contributed by atoms with van der Waals surface area (Å²) in [4.78, 5) is 0. The molecule has 2 aromatic carbocycles. The number of rotatable bonds is 3. The quantitative estimate of drug-likeness (QED) is 0.843. The molecule has 0 spiro atoms. The molecule has 0 aliphatic rings. The van der Waals surface area contributed by atoms with Crippen LogP contribution in [0.1, 0.15) is 18.5 Å². The number of halogens is 3. The second-order valence-electron chi connectivity index (χ2n) is 4.01. The minimum absolute atomic E-state index is 0.300. The Morgan fingerprint density at radius 1 is 1.11 bits per heavy atom. The highest BCUT2D eigenvalue weighted by molar-refractivity contribution is 6.33. The second-order valence-corrected chi connectivity index (χ2v) is 4.42. The SMILES string of the molecule is CC(Nc1ccccc1Cl)c1ccc(F)cc1F. The molecular weight excluding hydrogens is 256 g/mol. The first kappa shape index (κ1) is 12.8. The molecule has 94 valence electrons. The Kier molecular flexibility index (Phi) is 3.82. The Bertz CT molecular complexity index is 557. The van der Waals surface area contributed by atoms with Crippen molar-refractivity contribution in [2.24, 2.45) is 0 Å². The van der Waals surface area contributed by atoms with Crippen LogP contribution in [0.3, 0.4) is 0 Å². The zero-order valence-corrected chi connectivity index (χ0v) is 10.5. The number of anilines is 1. The Labute approximate surface area is 109 Å². The molecule has 1 unspecified atom stereocenters. The molecule has 0 heterocycles. The fourth-order valence-electron chi connectivity index (χ4n) is 1.74. The van der Waals surface area contributed by atoms with E-state index < -0.39 is 11.6 Å². The van der Waals surface area contributed by atoms with Crippen LogP contribution in [0, 0.1) is 11.6 Å². The molecule has 1 nitrogen and oxygen atoms in total. The first-order valence-corrected chi connectivity index (χ1v) is 5.91. The fraction of sp³-hybridized carbons (Fsp3) is 0.143. The average Bonchev–Trinajstić information content (AvgIpc) is 2.32. The highest BCUT2D eigenvalue weighted by Crippen LogP contribution is 2.27. The van der Waals surface area contributed by atoms with Gasteiger partial charge in [0.1, 0.15) is 11.6 Å². The number of hydrogen-bond donors (Lipinski definition) is 1. The minimum Gasteiger partial charge on any atom is -0.377 e. The van der Waals surface area contributed by atoms with E-state index in [9.17, 15) is 8.78 Å². The minimum atomic E-state index is -0.582. The fourth-order valence-corrected chi connectivity index (χ4v) is 1.93. The van der Waals surface area contributed by atoms with Gasteiger partial charge in [0, 0.05) is 11.6 Å². The molecule has 0 amide bonds. The number of hydrogen-bond acceptors (Lipinski definition) is 1. The normalized spacial score (nSPS) is 12.2. The largest absolute Gasteiger partial charge is 0.377 e. The maximum Gasteiger partial charge on any atom is 0.131 e. The summed E-state index contributed by atoms with van der Waals surface area (Å²) in [6.45, 7) is 1.79. The van der Waals surface area contributed by atoms with Crippen LogP contribution in [0.5, 0.6) is 0 Å².